The van der Waals surface area contributed by atoms with Gasteiger partial charge in [0.2, 0.25) is 0 Å². The summed E-state index contributed by atoms with van der Waals surface area (Å²) in [7, 11) is 0. The van der Waals surface area contributed by atoms with Crippen molar-refractivity contribution in [2.24, 2.45) is 0 Å². The number of aromatic nitrogens is 1. The van der Waals surface area contributed by atoms with Gasteiger partial charge < -0.3 is 5.73 Å². The Kier molecular flexibility index (Phi) is 3.01. The molecular weight excluding hydrogens is 220 g/mol. The van der Waals surface area contributed by atoms with Crippen LogP contribution in [0, 0.1) is 6.92 Å². The number of benzene rings is 1. The van der Waals surface area contributed by atoms with Crippen LogP contribution in [-0.2, 0) is 6.42 Å². The normalized spacial score (nSPS) is 10.3. The average molecular weight is 232 g/mol. The van der Waals surface area contributed by atoms with Crippen LogP contribution in [0.25, 0.3) is 0 Å². The minimum absolute atomic E-state index is 0.0208. The number of nitrogens with zero attached hydrogens (tertiary/aromatic N) is 1. The molecule has 0 amide bonds. The van der Waals surface area contributed by atoms with Crippen molar-refractivity contribution in [1.82, 2.24) is 4.98 Å². The van der Waals surface area contributed by atoms with E-state index in [1.54, 1.807) is 12.1 Å². The van der Waals surface area contributed by atoms with Crippen LogP contribution in [0.2, 0.25) is 0 Å². The first kappa shape index (κ1) is 10.8. The number of anilines is 1. The van der Waals surface area contributed by atoms with Gasteiger partial charge in [-0.25, -0.2) is 4.98 Å². The maximum atomic E-state index is 11.9. The predicted octanol–water partition coefficient (Wildman–Crippen LogP) is 2.46. The fraction of sp³-hybridized carbons (Fsp3) is 0.167. The fourth-order valence-electron chi connectivity index (χ4n) is 1.47. The lowest BCUT2D eigenvalue weighted by atomic mass is 10.1. The smallest absolute Gasteiger partial charge is 0.171 e. The molecule has 0 saturated heterocycles. The van der Waals surface area contributed by atoms with Crippen molar-refractivity contribution in [3.63, 3.8) is 0 Å². The number of Topliss-reactive ketones (excluding diaryl/α,β-unsaturated/α-hetero) is 1. The number of hydrogen-bond acceptors (Lipinski definition) is 4. The molecule has 0 atom stereocenters. The minimum atomic E-state index is 0.0208. The van der Waals surface area contributed by atoms with E-state index in [1.807, 2.05) is 24.4 Å². The summed E-state index contributed by atoms with van der Waals surface area (Å²) in [5, 5.41) is 2.78. The standard InChI is InChI=1S/C12H12N2OS/c1-8-7-16-12(14-8)6-11(15)9-4-2-3-5-10(9)13/h2-5,7H,6,13H2,1H3. The van der Waals surface area contributed by atoms with Gasteiger partial charge in [-0.15, -0.1) is 11.3 Å². The van der Waals surface area contributed by atoms with E-state index < -0.39 is 0 Å². The lowest BCUT2D eigenvalue weighted by molar-refractivity contribution is 0.0994. The molecule has 4 heteroatoms. The second-order valence-corrected chi connectivity index (χ2v) is 4.51. The molecule has 2 rings (SSSR count). The summed E-state index contributed by atoms with van der Waals surface area (Å²) < 4.78 is 0. The summed E-state index contributed by atoms with van der Waals surface area (Å²) in [5.41, 5.74) is 7.80. The number of rotatable bonds is 3. The topological polar surface area (TPSA) is 56.0 Å². The Morgan fingerprint density at radius 2 is 2.19 bits per heavy atom. The van der Waals surface area contributed by atoms with Crippen molar-refractivity contribution >= 4 is 22.8 Å². The van der Waals surface area contributed by atoms with Crippen LogP contribution in [0.5, 0.6) is 0 Å². The van der Waals surface area contributed by atoms with Gasteiger partial charge in [-0.3, -0.25) is 4.79 Å². The Balaban J connectivity index is 2.18. The van der Waals surface area contributed by atoms with Gasteiger partial charge in [0.15, 0.2) is 5.78 Å². The highest BCUT2D eigenvalue weighted by molar-refractivity contribution is 7.09. The van der Waals surface area contributed by atoms with Crippen molar-refractivity contribution < 1.29 is 4.79 Å². The summed E-state index contributed by atoms with van der Waals surface area (Å²) in [6.07, 6.45) is 0.326. The van der Waals surface area contributed by atoms with Crippen molar-refractivity contribution in [2.75, 3.05) is 5.73 Å². The number of thiazole rings is 1. The van der Waals surface area contributed by atoms with Gasteiger partial charge in [-0.2, -0.15) is 0 Å². The molecule has 0 radical (unpaired) electrons. The lowest BCUT2D eigenvalue weighted by Crippen LogP contribution is -2.06. The van der Waals surface area contributed by atoms with Gasteiger partial charge >= 0.3 is 0 Å². The monoisotopic (exact) mass is 232 g/mol. The van der Waals surface area contributed by atoms with Gasteiger partial charge in [0.05, 0.1) is 6.42 Å². The molecule has 2 N–H and O–H groups in total. The zero-order valence-electron chi connectivity index (χ0n) is 8.93. The summed E-state index contributed by atoms with van der Waals surface area (Å²) in [6.45, 7) is 1.92. The van der Waals surface area contributed by atoms with E-state index >= 15 is 0 Å². The van der Waals surface area contributed by atoms with E-state index in [-0.39, 0.29) is 5.78 Å². The second-order valence-electron chi connectivity index (χ2n) is 3.57. The van der Waals surface area contributed by atoms with Crippen molar-refractivity contribution in [3.8, 4) is 0 Å². The summed E-state index contributed by atoms with van der Waals surface area (Å²) in [4.78, 5) is 16.2. The van der Waals surface area contributed by atoms with E-state index in [2.05, 4.69) is 4.98 Å². The Morgan fingerprint density at radius 1 is 1.44 bits per heavy atom. The highest BCUT2D eigenvalue weighted by atomic mass is 32.1. The van der Waals surface area contributed by atoms with Gasteiger partial charge in [-0.05, 0) is 19.1 Å². The molecule has 0 fully saturated rings. The number of ketones is 1. The molecule has 82 valence electrons. The lowest BCUT2D eigenvalue weighted by Gasteiger charge is -2.02. The number of nitrogen functional groups attached to an aromatic ring is 1. The Labute approximate surface area is 97.9 Å². The summed E-state index contributed by atoms with van der Waals surface area (Å²) in [5.74, 6) is 0.0208. The maximum absolute atomic E-state index is 11.9. The average Bonchev–Trinajstić information content (AvgIpc) is 2.64. The van der Waals surface area contributed by atoms with Crippen molar-refractivity contribution in [1.29, 1.82) is 0 Å². The molecule has 1 heterocycles. The zero-order valence-corrected chi connectivity index (χ0v) is 9.75. The van der Waals surface area contributed by atoms with Gasteiger partial charge in [-0.1, -0.05) is 12.1 Å². The van der Waals surface area contributed by atoms with E-state index in [0.29, 0.717) is 17.7 Å². The van der Waals surface area contributed by atoms with Crippen molar-refractivity contribution in [3.05, 3.63) is 45.9 Å². The molecule has 0 aliphatic heterocycles. The number of nitrogens with two attached hydrogens (primary N) is 1. The first-order valence-corrected chi connectivity index (χ1v) is 5.83. The second kappa shape index (κ2) is 4.45. The highest BCUT2D eigenvalue weighted by Gasteiger charge is 2.11. The van der Waals surface area contributed by atoms with E-state index in [0.717, 1.165) is 10.7 Å². The van der Waals surface area contributed by atoms with Crippen LogP contribution in [0.15, 0.2) is 29.6 Å². The molecule has 0 spiro atoms. The number of carbonyl (C=O) groups excluding carboxylic acids is 1. The number of aryl methyl sites for hydroxylation is 1. The molecule has 16 heavy (non-hydrogen) atoms. The summed E-state index contributed by atoms with van der Waals surface area (Å²) >= 11 is 1.51. The Hall–Kier alpha value is -1.68. The van der Waals surface area contributed by atoms with Crippen molar-refractivity contribution in [2.45, 2.75) is 13.3 Å². The van der Waals surface area contributed by atoms with Gasteiger partial charge in [0.25, 0.3) is 0 Å². The molecule has 0 aliphatic carbocycles. The molecule has 3 nitrogen and oxygen atoms in total. The Morgan fingerprint density at radius 3 is 2.81 bits per heavy atom. The molecular formula is C12H12N2OS. The molecule has 1 aromatic carbocycles. The van der Waals surface area contributed by atoms with E-state index in [4.69, 9.17) is 5.73 Å². The fourth-order valence-corrected chi connectivity index (χ4v) is 2.24. The third-order valence-corrected chi connectivity index (χ3v) is 3.21. The number of hydrogen-bond donors (Lipinski definition) is 1. The third-order valence-electron chi connectivity index (χ3n) is 2.24. The quantitative estimate of drug-likeness (QED) is 0.653. The first-order valence-electron chi connectivity index (χ1n) is 4.95. The predicted molar refractivity (Wildman–Crippen MR) is 65.7 cm³/mol. The maximum Gasteiger partial charge on any atom is 0.171 e. The van der Waals surface area contributed by atoms with Gasteiger partial charge in [0.1, 0.15) is 5.01 Å². The molecule has 0 aliphatic rings. The SMILES string of the molecule is Cc1csc(CC(=O)c2ccccc2N)n1. The van der Waals surface area contributed by atoms with Crippen LogP contribution in [-0.4, -0.2) is 10.8 Å². The van der Waals surface area contributed by atoms with E-state index in [1.165, 1.54) is 11.3 Å². The Bertz CT molecular complexity index is 519. The molecule has 0 saturated carbocycles. The molecule has 0 bridgehead atoms. The van der Waals surface area contributed by atoms with Crippen LogP contribution in [0.1, 0.15) is 21.1 Å². The number of carbonyl (C=O) groups is 1. The van der Waals surface area contributed by atoms with Crippen LogP contribution in [0.3, 0.4) is 0 Å². The highest BCUT2D eigenvalue weighted by Crippen LogP contribution is 2.16. The first-order chi connectivity index (χ1) is 7.66. The third kappa shape index (κ3) is 2.28. The molecule has 1 aromatic heterocycles. The molecule has 2 aromatic rings. The van der Waals surface area contributed by atoms with Crippen LogP contribution in [0.4, 0.5) is 5.69 Å². The van der Waals surface area contributed by atoms with Crippen LogP contribution >= 0.6 is 11.3 Å². The summed E-state index contributed by atoms with van der Waals surface area (Å²) in [6, 6.07) is 7.12. The largest absolute Gasteiger partial charge is 0.398 e. The van der Waals surface area contributed by atoms with Crippen LogP contribution < -0.4 is 5.73 Å². The zero-order chi connectivity index (χ0) is 11.5. The molecule has 0 unspecified atom stereocenters. The van der Waals surface area contributed by atoms with E-state index in [9.17, 15) is 4.79 Å². The van der Waals surface area contributed by atoms with Gasteiger partial charge in [0, 0.05) is 22.3 Å². The number of para-hydroxylation sites is 1. The minimum Gasteiger partial charge on any atom is -0.398 e.